The van der Waals surface area contributed by atoms with Crippen LogP contribution in [0.4, 0.5) is 0 Å². The number of rotatable bonds is 6. The molecule has 2 rings (SSSR count). The van der Waals surface area contributed by atoms with Crippen LogP contribution < -0.4 is 5.32 Å². The lowest BCUT2D eigenvalue weighted by atomic mass is 9.93. The maximum Gasteiger partial charge on any atom is 0.227 e. The molecule has 0 saturated carbocycles. The van der Waals surface area contributed by atoms with Gasteiger partial charge in [-0.05, 0) is 38.8 Å². The molecule has 0 bridgehead atoms. The fraction of sp³-hybridized carbons (Fsp3) is 0.824. The summed E-state index contributed by atoms with van der Waals surface area (Å²) >= 11 is 0. The molecule has 0 atom stereocenters. The van der Waals surface area contributed by atoms with Gasteiger partial charge in [0.1, 0.15) is 0 Å². The third-order valence-corrected chi connectivity index (χ3v) is 4.46. The Morgan fingerprint density at radius 2 is 2.00 bits per heavy atom. The van der Waals surface area contributed by atoms with Gasteiger partial charge in [-0.2, -0.15) is 4.98 Å². The van der Waals surface area contributed by atoms with E-state index in [0.717, 1.165) is 38.4 Å². The number of nitrogens with one attached hydrogen (secondary N) is 1. The quantitative estimate of drug-likeness (QED) is 0.846. The zero-order valence-electron chi connectivity index (χ0n) is 15.3. The summed E-state index contributed by atoms with van der Waals surface area (Å²) in [6.45, 7) is 8.96. The lowest BCUT2D eigenvalue weighted by Gasteiger charge is -2.32. The van der Waals surface area contributed by atoms with E-state index in [1.54, 1.807) is 0 Å². The molecule has 1 aromatic rings. The number of piperidine rings is 1. The smallest absolute Gasteiger partial charge is 0.227 e. The van der Waals surface area contributed by atoms with Crippen molar-refractivity contribution in [1.82, 2.24) is 20.4 Å². The summed E-state index contributed by atoms with van der Waals surface area (Å²) in [6.07, 6.45) is 4.41. The molecule has 1 fully saturated rings. The Morgan fingerprint density at radius 1 is 1.33 bits per heavy atom. The van der Waals surface area contributed by atoms with Crippen LogP contribution in [-0.4, -0.2) is 47.6 Å². The van der Waals surface area contributed by atoms with Gasteiger partial charge in [-0.15, -0.1) is 12.4 Å². The molecular formula is C17H31ClN4O2. The molecule has 0 unspecified atom stereocenters. The molecule has 0 aromatic carbocycles. The minimum Gasteiger partial charge on any atom is -0.343 e. The van der Waals surface area contributed by atoms with Crippen LogP contribution in [0.1, 0.15) is 58.2 Å². The number of carbonyl (C=O) groups is 1. The van der Waals surface area contributed by atoms with E-state index in [1.165, 1.54) is 6.42 Å². The number of hydrogen-bond acceptors (Lipinski definition) is 5. The summed E-state index contributed by atoms with van der Waals surface area (Å²) in [5.41, 5.74) is -0.124. The molecule has 1 aliphatic rings. The van der Waals surface area contributed by atoms with E-state index < -0.39 is 0 Å². The predicted molar refractivity (Wildman–Crippen MR) is 96.4 cm³/mol. The fourth-order valence-electron chi connectivity index (χ4n) is 2.85. The Bertz CT molecular complexity index is 505. The standard InChI is InChI=1S/C17H30N4O2.ClH/c1-17(2,3)16-19-14(23-20-16)5-6-15(22)21-11-8-13(9-12-21)7-10-18-4;/h13,18H,5-12H2,1-4H3;1H. The van der Waals surface area contributed by atoms with E-state index in [9.17, 15) is 4.79 Å². The van der Waals surface area contributed by atoms with Gasteiger partial charge in [0.05, 0.1) is 0 Å². The van der Waals surface area contributed by atoms with Crippen LogP contribution in [-0.2, 0) is 16.6 Å². The number of likely N-dealkylation sites (tertiary alicyclic amines) is 1. The summed E-state index contributed by atoms with van der Waals surface area (Å²) in [6, 6.07) is 0. The van der Waals surface area contributed by atoms with Gasteiger partial charge in [0.2, 0.25) is 11.8 Å². The Hall–Kier alpha value is -1.14. The van der Waals surface area contributed by atoms with E-state index >= 15 is 0 Å². The SMILES string of the molecule is CNCCC1CCN(C(=O)CCc2nc(C(C)(C)C)no2)CC1.Cl. The summed E-state index contributed by atoms with van der Waals surface area (Å²) in [5.74, 6) is 2.21. The van der Waals surface area contributed by atoms with Crippen LogP contribution in [0.3, 0.4) is 0 Å². The predicted octanol–water partition coefficient (Wildman–Crippen LogP) is 2.57. The van der Waals surface area contributed by atoms with Gasteiger partial charge >= 0.3 is 0 Å². The Kier molecular flexibility index (Phi) is 8.16. The van der Waals surface area contributed by atoms with Crippen molar-refractivity contribution in [3.8, 4) is 0 Å². The summed E-state index contributed by atoms with van der Waals surface area (Å²) in [4.78, 5) is 18.7. The van der Waals surface area contributed by atoms with Gasteiger partial charge in [-0.1, -0.05) is 25.9 Å². The third kappa shape index (κ3) is 6.06. The maximum atomic E-state index is 12.3. The minimum absolute atomic E-state index is 0. The van der Waals surface area contributed by atoms with Crippen LogP contribution >= 0.6 is 12.4 Å². The van der Waals surface area contributed by atoms with Crippen LogP contribution in [0.25, 0.3) is 0 Å². The normalized spacial score (nSPS) is 16.1. The number of nitrogens with zero attached hydrogens (tertiary/aromatic N) is 3. The molecule has 1 saturated heterocycles. The van der Waals surface area contributed by atoms with Crippen molar-refractivity contribution in [3.05, 3.63) is 11.7 Å². The largest absolute Gasteiger partial charge is 0.343 e. The number of hydrogen-bond donors (Lipinski definition) is 1. The van der Waals surface area contributed by atoms with Crippen molar-refractivity contribution in [3.63, 3.8) is 0 Å². The molecule has 138 valence electrons. The first-order valence-electron chi connectivity index (χ1n) is 8.65. The third-order valence-electron chi connectivity index (χ3n) is 4.46. The highest BCUT2D eigenvalue weighted by atomic mass is 35.5. The molecule has 1 N–H and O–H groups in total. The summed E-state index contributed by atoms with van der Waals surface area (Å²) in [7, 11) is 1.99. The monoisotopic (exact) mass is 358 g/mol. The average Bonchev–Trinajstić information content (AvgIpc) is 3.00. The van der Waals surface area contributed by atoms with E-state index in [-0.39, 0.29) is 23.7 Å². The van der Waals surface area contributed by atoms with Gasteiger partial charge in [0.25, 0.3) is 0 Å². The Balaban J connectivity index is 0.00000288. The van der Waals surface area contributed by atoms with Gasteiger partial charge in [-0.25, -0.2) is 0 Å². The molecule has 2 heterocycles. The number of halogens is 1. The van der Waals surface area contributed by atoms with Crippen molar-refractivity contribution in [2.75, 3.05) is 26.7 Å². The van der Waals surface area contributed by atoms with E-state index in [0.29, 0.717) is 24.6 Å². The minimum atomic E-state index is -0.124. The number of aromatic nitrogens is 2. The lowest BCUT2D eigenvalue weighted by Crippen LogP contribution is -2.39. The molecule has 7 heteroatoms. The number of carbonyl (C=O) groups excluding carboxylic acids is 1. The van der Waals surface area contributed by atoms with E-state index in [1.807, 2.05) is 32.7 Å². The Morgan fingerprint density at radius 3 is 2.54 bits per heavy atom. The zero-order valence-corrected chi connectivity index (χ0v) is 16.1. The second-order valence-corrected chi connectivity index (χ2v) is 7.48. The summed E-state index contributed by atoms with van der Waals surface area (Å²) < 4.78 is 5.25. The molecule has 6 nitrogen and oxygen atoms in total. The molecule has 1 amide bonds. The van der Waals surface area contributed by atoms with E-state index in [4.69, 9.17) is 4.52 Å². The molecule has 0 aliphatic carbocycles. The van der Waals surface area contributed by atoms with Crippen LogP contribution in [0.2, 0.25) is 0 Å². The van der Waals surface area contributed by atoms with Gasteiger partial charge in [-0.3, -0.25) is 4.79 Å². The molecule has 0 radical (unpaired) electrons. The highest BCUT2D eigenvalue weighted by molar-refractivity contribution is 5.85. The first-order valence-corrected chi connectivity index (χ1v) is 8.65. The second-order valence-electron chi connectivity index (χ2n) is 7.48. The average molecular weight is 359 g/mol. The van der Waals surface area contributed by atoms with Crippen molar-refractivity contribution >= 4 is 18.3 Å². The van der Waals surface area contributed by atoms with E-state index in [2.05, 4.69) is 15.5 Å². The Labute approximate surface area is 151 Å². The zero-order chi connectivity index (χ0) is 16.9. The maximum absolute atomic E-state index is 12.3. The number of amides is 1. The van der Waals surface area contributed by atoms with Crippen molar-refractivity contribution in [2.45, 2.75) is 58.3 Å². The fourth-order valence-corrected chi connectivity index (χ4v) is 2.85. The first kappa shape index (κ1) is 20.9. The van der Waals surface area contributed by atoms with Crippen LogP contribution in [0.15, 0.2) is 4.52 Å². The second kappa shape index (κ2) is 9.37. The lowest BCUT2D eigenvalue weighted by molar-refractivity contribution is -0.132. The van der Waals surface area contributed by atoms with Gasteiger partial charge < -0.3 is 14.7 Å². The van der Waals surface area contributed by atoms with Crippen LogP contribution in [0.5, 0.6) is 0 Å². The topological polar surface area (TPSA) is 71.3 Å². The van der Waals surface area contributed by atoms with Crippen molar-refractivity contribution < 1.29 is 9.32 Å². The first-order chi connectivity index (χ1) is 10.9. The van der Waals surface area contributed by atoms with Crippen molar-refractivity contribution in [1.29, 1.82) is 0 Å². The highest BCUT2D eigenvalue weighted by Crippen LogP contribution is 2.21. The van der Waals surface area contributed by atoms with Crippen molar-refractivity contribution in [2.24, 2.45) is 5.92 Å². The van der Waals surface area contributed by atoms with Crippen LogP contribution in [0, 0.1) is 5.92 Å². The molecule has 24 heavy (non-hydrogen) atoms. The summed E-state index contributed by atoms with van der Waals surface area (Å²) in [5, 5.41) is 7.20. The molecule has 1 aromatic heterocycles. The van der Waals surface area contributed by atoms with Gasteiger partial charge in [0.15, 0.2) is 5.82 Å². The molecule has 1 aliphatic heterocycles. The molecular weight excluding hydrogens is 328 g/mol. The van der Waals surface area contributed by atoms with Gasteiger partial charge in [0, 0.05) is 31.3 Å². The highest BCUT2D eigenvalue weighted by Gasteiger charge is 2.24. The number of aryl methyl sites for hydroxylation is 1. The molecule has 0 spiro atoms.